The molecule has 2 heteroatoms. The molecule has 0 bridgehead atoms. The van der Waals surface area contributed by atoms with E-state index in [4.69, 9.17) is 4.43 Å². The summed E-state index contributed by atoms with van der Waals surface area (Å²) in [5, 5.41) is 2.50. The van der Waals surface area contributed by atoms with Crippen LogP contribution in [0.1, 0.15) is 5.56 Å². The van der Waals surface area contributed by atoms with Crippen molar-refractivity contribution in [1.29, 1.82) is 0 Å². The van der Waals surface area contributed by atoms with Gasteiger partial charge in [-0.25, -0.2) is 0 Å². The summed E-state index contributed by atoms with van der Waals surface area (Å²) >= 11 is 0. The Hall–Kier alpha value is -1.64. The average molecular weight is 239 g/mol. The Bertz CT molecular complexity index is 520. The van der Waals surface area contributed by atoms with Gasteiger partial charge < -0.3 is 4.43 Å². The van der Waals surface area contributed by atoms with Crippen LogP contribution in [-0.2, 0) is 11.0 Å². The second kappa shape index (κ2) is 5.62. The monoisotopic (exact) mass is 239 g/mol. The van der Waals surface area contributed by atoms with Gasteiger partial charge in [0, 0.05) is 0 Å². The highest BCUT2D eigenvalue weighted by Gasteiger charge is 2.05. The van der Waals surface area contributed by atoms with Gasteiger partial charge in [-0.1, -0.05) is 53.9 Å². The molecule has 85 valence electrons. The van der Waals surface area contributed by atoms with Gasteiger partial charge in [-0.2, -0.15) is 0 Å². The lowest BCUT2D eigenvalue weighted by Crippen LogP contribution is -2.11. The Morgan fingerprint density at radius 3 is 2.47 bits per heavy atom. The van der Waals surface area contributed by atoms with Crippen LogP contribution < -0.4 is 0 Å². The quantitative estimate of drug-likeness (QED) is 0.721. The third-order valence-electron chi connectivity index (χ3n) is 2.68. The topological polar surface area (TPSA) is 9.23 Å². The molecule has 0 aliphatic carbocycles. The van der Waals surface area contributed by atoms with Crippen LogP contribution in [0.15, 0.2) is 67.0 Å². The van der Waals surface area contributed by atoms with Crippen LogP contribution in [0.5, 0.6) is 0 Å². The lowest BCUT2D eigenvalue weighted by atomic mass is 10.1. The first-order valence-corrected chi connectivity index (χ1v) is 7.12. The van der Waals surface area contributed by atoms with Crippen LogP contribution in [0.2, 0.25) is 0 Å². The van der Waals surface area contributed by atoms with E-state index in [2.05, 4.69) is 55.6 Å². The molecule has 0 aromatic heterocycles. The summed E-state index contributed by atoms with van der Waals surface area (Å²) in [5.74, 6) is 0. The van der Waals surface area contributed by atoms with Gasteiger partial charge in [0.25, 0.3) is 9.04 Å². The molecule has 0 aliphatic rings. The maximum atomic E-state index is 5.80. The summed E-state index contributed by atoms with van der Waals surface area (Å²) < 4.78 is 5.80. The Labute approximate surface area is 104 Å². The summed E-state index contributed by atoms with van der Waals surface area (Å²) in [7, 11) is -1.06. The minimum atomic E-state index is -1.06. The first-order valence-electron chi connectivity index (χ1n) is 5.56. The second-order valence-corrected chi connectivity index (χ2v) is 5.65. The van der Waals surface area contributed by atoms with Crippen LogP contribution in [0.25, 0.3) is 10.8 Å². The van der Waals surface area contributed by atoms with Gasteiger partial charge in [0.1, 0.15) is 0 Å². The molecule has 2 aromatic carbocycles. The summed E-state index contributed by atoms with van der Waals surface area (Å²) in [6, 6.07) is 14.6. The predicted molar refractivity (Wildman–Crippen MR) is 74.9 cm³/mol. The van der Waals surface area contributed by atoms with Crippen molar-refractivity contribution >= 4 is 19.8 Å². The van der Waals surface area contributed by atoms with Crippen LogP contribution in [0.4, 0.5) is 0 Å². The third kappa shape index (κ3) is 2.73. The summed E-state index contributed by atoms with van der Waals surface area (Å²) in [6.45, 7) is 8.13. The number of fused-ring (bicyclic) bond motifs is 1. The molecular weight excluding hydrogens is 224 g/mol. The fourth-order valence-electron chi connectivity index (χ4n) is 1.78. The van der Waals surface area contributed by atoms with E-state index in [1.54, 1.807) is 0 Å². The van der Waals surface area contributed by atoms with Crippen LogP contribution in [-0.4, -0.2) is 9.04 Å². The minimum absolute atomic E-state index is 0.619. The first-order chi connectivity index (χ1) is 8.35. The molecule has 0 aliphatic heterocycles. The van der Waals surface area contributed by atoms with Crippen LogP contribution in [0.3, 0.4) is 0 Å². The highest BCUT2D eigenvalue weighted by molar-refractivity contribution is 6.62. The van der Waals surface area contributed by atoms with Crippen LogP contribution in [0, 0.1) is 0 Å². The van der Waals surface area contributed by atoms with E-state index in [1.807, 2.05) is 11.4 Å². The van der Waals surface area contributed by atoms with Gasteiger partial charge in [0.05, 0.1) is 6.61 Å². The molecule has 0 spiro atoms. The zero-order valence-corrected chi connectivity index (χ0v) is 10.7. The second-order valence-electron chi connectivity index (χ2n) is 3.74. The maximum absolute atomic E-state index is 5.80. The number of benzene rings is 2. The summed E-state index contributed by atoms with van der Waals surface area (Å²) in [4.78, 5) is 0. The fourth-order valence-corrected chi connectivity index (χ4v) is 2.51. The number of hydrogen-bond donors (Lipinski definition) is 0. The molecule has 17 heavy (non-hydrogen) atoms. The van der Waals surface area contributed by atoms with Gasteiger partial charge >= 0.3 is 0 Å². The number of hydrogen-bond acceptors (Lipinski definition) is 1. The minimum Gasteiger partial charge on any atom is -0.404 e. The Balaban J connectivity index is 2.24. The van der Waals surface area contributed by atoms with Crippen molar-refractivity contribution in [2.75, 3.05) is 0 Å². The first kappa shape index (κ1) is 11.8. The molecule has 0 saturated heterocycles. The molecule has 2 rings (SSSR count). The Morgan fingerprint density at radius 2 is 1.71 bits per heavy atom. The van der Waals surface area contributed by atoms with Gasteiger partial charge in [0.15, 0.2) is 0 Å². The van der Waals surface area contributed by atoms with E-state index < -0.39 is 9.04 Å². The van der Waals surface area contributed by atoms with Crippen molar-refractivity contribution in [3.05, 3.63) is 72.6 Å². The highest BCUT2D eigenvalue weighted by Crippen LogP contribution is 2.19. The highest BCUT2D eigenvalue weighted by atomic mass is 28.3. The molecule has 0 N–H and O–H groups in total. The van der Waals surface area contributed by atoms with E-state index >= 15 is 0 Å². The molecule has 0 unspecified atom stereocenters. The predicted octanol–water partition coefficient (Wildman–Crippen LogP) is 3.80. The maximum Gasteiger partial charge on any atom is 0.266 e. The van der Waals surface area contributed by atoms with Gasteiger partial charge in [0.2, 0.25) is 0 Å². The molecule has 0 amide bonds. The molecule has 1 radical (unpaired) electrons. The zero-order valence-electron chi connectivity index (χ0n) is 9.73. The molecule has 0 fully saturated rings. The van der Waals surface area contributed by atoms with E-state index in [1.165, 1.54) is 16.3 Å². The van der Waals surface area contributed by atoms with Crippen molar-refractivity contribution in [2.24, 2.45) is 0 Å². The van der Waals surface area contributed by atoms with Crippen LogP contribution >= 0.6 is 0 Å². The standard InChI is InChI=1S/C15H15OSi/c1-3-17(4-2)16-12-14-10-7-9-13-8-5-6-11-15(13)14/h3-11H,1-2,12H2. The van der Waals surface area contributed by atoms with Crippen molar-refractivity contribution < 1.29 is 4.43 Å². The van der Waals surface area contributed by atoms with Crippen molar-refractivity contribution in [3.8, 4) is 0 Å². The van der Waals surface area contributed by atoms with Crippen molar-refractivity contribution in [2.45, 2.75) is 6.61 Å². The molecule has 0 heterocycles. The third-order valence-corrected chi connectivity index (χ3v) is 3.96. The smallest absolute Gasteiger partial charge is 0.266 e. The zero-order chi connectivity index (χ0) is 12.1. The number of rotatable bonds is 5. The van der Waals surface area contributed by atoms with E-state index in [0.29, 0.717) is 6.61 Å². The van der Waals surface area contributed by atoms with Crippen molar-refractivity contribution in [1.82, 2.24) is 0 Å². The Morgan fingerprint density at radius 1 is 1.00 bits per heavy atom. The van der Waals surface area contributed by atoms with Crippen molar-refractivity contribution in [3.63, 3.8) is 0 Å². The fraction of sp³-hybridized carbons (Fsp3) is 0.0667. The SMILES string of the molecule is C=C[Si](C=C)OCc1cccc2ccccc12. The van der Waals surface area contributed by atoms with Gasteiger partial charge in [-0.05, 0) is 16.3 Å². The molecular formula is C15H15OSi. The normalized spacial score (nSPS) is 10.6. The Kier molecular flexibility index (Phi) is 3.91. The van der Waals surface area contributed by atoms with Gasteiger partial charge in [-0.15, -0.1) is 13.2 Å². The summed E-state index contributed by atoms with van der Waals surface area (Å²) in [5.41, 5.74) is 4.92. The van der Waals surface area contributed by atoms with E-state index in [0.717, 1.165) is 0 Å². The summed E-state index contributed by atoms with van der Waals surface area (Å²) in [6.07, 6.45) is 0. The molecule has 0 atom stereocenters. The molecule has 2 aromatic rings. The lowest BCUT2D eigenvalue weighted by Gasteiger charge is -2.09. The van der Waals surface area contributed by atoms with Gasteiger partial charge in [-0.3, -0.25) is 0 Å². The lowest BCUT2D eigenvalue weighted by molar-refractivity contribution is 0.322. The van der Waals surface area contributed by atoms with E-state index in [9.17, 15) is 0 Å². The molecule has 1 nitrogen and oxygen atoms in total. The molecule has 0 saturated carbocycles. The average Bonchev–Trinajstić information content (AvgIpc) is 2.40. The largest absolute Gasteiger partial charge is 0.404 e. The van der Waals surface area contributed by atoms with E-state index in [-0.39, 0.29) is 0 Å².